The van der Waals surface area contributed by atoms with Crippen LogP contribution >= 0.6 is 11.3 Å². The van der Waals surface area contributed by atoms with Crippen molar-refractivity contribution in [3.8, 4) is 0 Å². The van der Waals surface area contributed by atoms with E-state index in [1.807, 2.05) is 27.7 Å². The molecule has 0 saturated carbocycles. The Balaban J connectivity index is 0.00000220. The van der Waals surface area contributed by atoms with Crippen LogP contribution in [0.4, 0.5) is 4.79 Å². The van der Waals surface area contributed by atoms with Gasteiger partial charge < -0.3 is 14.6 Å². The minimum atomic E-state index is -1.28. The molecule has 0 radical (unpaired) electrons. The molecule has 21 heavy (non-hydrogen) atoms. The summed E-state index contributed by atoms with van der Waals surface area (Å²) in [6.07, 6.45) is 0.136. The van der Waals surface area contributed by atoms with Crippen LogP contribution in [0.15, 0.2) is 0 Å². The molecule has 0 spiro atoms. The Morgan fingerprint density at radius 2 is 2.05 bits per heavy atom. The molecule has 1 aromatic rings. The maximum Gasteiger partial charge on any atom is 1.00 e. The molecule has 0 saturated heterocycles. The van der Waals surface area contributed by atoms with Crippen LogP contribution in [0, 0.1) is 0 Å². The number of carbonyl (C=O) groups excluding carboxylic acids is 2. The average molecular weight is 304 g/mol. The summed E-state index contributed by atoms with van der Waals surface area (Å²) in [4.78, 5) is 29.4. The zero-order valence-corrected chi connectivity index (χ0v) is 13.7. The van der Waals surface area contributed by atoms with Gasteiger partial charge in [0.1, 0.15) is 16.6 Å². The minimum Gasteiger partial charge on any atom is -0.542 e. The Labute approximate surface area is 139 Å². The number of hydrogen-bond donors (Lipinski definition) is 0. The average Bonchev–Trinajstić information content (AvgIpc) is 2.68. The van der Waals surface area contributed by atoms with Gasteiger partial charge in [-0.15, -0.1) is 11.3 Å². The first-order chi connectivity index (χ1) is 9.17. The van der Waals surface area contributed by atoms with E-state index in [-0.39, 0.29) is 36.0 Å². The monoisotopic (exact) mass is 304 g/mol. The molecule has 110 valence electrons. The van der Waals surface area contributed by atoms with Crippen LogP contribution in [-0.2, 0) is 17.7 Å². The number of thiazole rings is 1. The topological polar surface area (TPSA) is 82.6 Å². The molecule has 1 aliphatic heterocycles. The van der Waals surface area contributed by atoms with Gasteiger partial charge in [-0.3, -0.25) is 4.90 Å². The molecule has 0 bridgehead atoms. The fourth-order valence-electron chi connectivity index (χ4n) is 2.02. The molecular formula is C13H17LiN2O4S. The molecule has 6 nitrogen and oxygen atoms in total. The number of carboxylic acids is 1. The Morgan fingerprint density at radius 3 is 2.57 bits per heavy atom. The molecule has 1 aliphatic rings. The van der Waals surface area contributed by atoms with Gasteiger partial charge in [0, 0.05) is 17.3 Å². The number of rotatable bonds is 1. The fourth-order valence-corrected chi connectivity index (χ4v) is 2.94. The molecule has 1 aromatic heterocycles. The van der Waals surface area contributed by atoms with E-state index in [0.29, 0.717) is 13.0 Å². The van der Waals surface area contributed by atoms with Gasteiger partial charge in [-0.1, -0.05) is 0 Å². The molecule has 2 heterocycles. The molecular weight excluding hydrogens is 287 g/mol. The van der Waals surface area contributed by atoms with E-state index >= 15 is 0 Å². The predicted molar refractivity (Wildman–Crippen MR) is 71.4 cm³/mol. The van der Waals surface area contributed by atoms with E-state index < -0.39 is 11.6 Å². The third-order valence-electron chi connectivity index (χ3n) is 2.92. The molecule has 0 N–H and O–H groups in total. The van der Waals surface area contributed by atoms with Crippen LogP contribution in [0.25, 0.3) is 0 Å². The van der Waals surface area contributed by atoms with Crippen molar-refractivity contribution in [2.75, 3.05) is 0 Å². The van der Waals surface area contributed by atoms with Crippen molar-refractivity contribution in [3.05, 3.63) is 15.6 Å². The van der Waals surface area contributed by atoms with Gasteiger partial charge in [0.15, 0.2) is 0 Å². The van der Waals surface area contributed by atoms with Gasteiger partial charge in [-0.2, -0.15) is 0 Å². The number of fused-ring (bicyclic) bond motifs is 1. The van der Waals surface area contributed by atoms with Crippen molar-refractivity contribution >= 4 is 23.4 Å². The first-order valence-electron chi connectivity index (χ1n) is 6.37. The summed E-state index contributed by atoms with van der Waals surface area (Å²) in [7, 11) is 0. The Hall–Kier alpha value is -1.03. The van der Waals surface area contributed by atoms with Gasteiger partial charge in [0.25, 0.3) is 0 Å². The Morgan fingerprint density at radius 1 is 1.43 bits per heavy atom. The van der Waals surface area contributed by atoms with E-state index in [0.717, 1.165) is 21.9 Å². The first-order valence-corrected chi connectivity index (χ1v) is 7.18. The zero-order valence-electron chi connectivity index (χ0n) is 12.9. The second-order valence-corrected chi connectivity index (χ2v) is 6.92. The second-order valence-electron chi connectivity index (χ2n) is 5.84. The zero-order chi connectivity index (χ0) is 15.1. The molecule has 8 heteroatoms. The van der Waals surface area contributed by atoms with E-state index in [1.54, 1.807) is 4.90 Å². The van der Waals surface area contributed by atoms with E-state index in [9.17, 15) is 14.7 Å². The van der Waals surface area contributed by atoms with E-state index in [2.05, 4.69) is 4.98 Å². The third-order valence-corrected chi connectivity index (χ3v) is 3.98. The second kappa shape index (κ2) is 6.39. The summed E-state index contributed by atoms with van der Waals surface area (Å²) in [5.41, 5.74) is 0.183. The van der Waals surface area contributed by atoms with Gasteiger partial charge in [-0.05, 0) is 27.7 Å². The van der Waals surface area contributed by atoms with E-state index in [4.69, 9.17) is 4.74 Å². The normalized spacial score (nSPS) is 17.7. The molecule has 1 unspecified atom stereocenters. The van der Waals surface area contributed by atoms with Crippen LogP contribution in [-0.4, -0.2) is 33.6 Å². The summed E-state index contributed by atoms with van der Waals surface area (Å²) < 4.78 is 5.36. The van der Waals surface area contributed by atoms with Crippen LogP contribution in [0.1, 0.15) is 48.1 Å². The number of nitrogens with zero attached hydrogens (tertiary/aromatic N) is 2. The van der Waals surface area contributed by atoms with Crippen LogP contribution in [0.5, 0.6) is 0 Å². The Kier molecular flexibility index (Phi) is 5.48. The van der Waals surface area contributed by atoms with Gasteiger partial charge in [-0.25, -0.2) is 9.78 Å². The third kappa shape index (κ3) is 4.22. The van der Waals surface area contributed by atoms with Crippen LogP contribution < -0.4 is 24.0 Å². The van der Waals surface area contributed by atoms with Crippen molar-refractivity contribution < 1.29 is 38.3 Å². The molecule has 0 aliphatic carbocycles. The van der Waals surface area contributed by atoms with Crippen molar-refractivity contribution in [2.45, 2.75) is 52.3 Å². The summed E-state index contributed by atoms with van der Waals surface area (Å²) >= 11 is 1.06. The van der Waals surface area contributed by atoms with E-state index in [1.165, 1.54) is 0 Å². The maximum atomic E-state index is 12.1. The van der Waals surface area contributed by atoms with Gasteiger partial charge in [0.2, 0.25) is 0 Å². The summed E-state index contributed by atoms with van der Waals surface area (Å²) in [5.74, 6) is -1.28. The molecule has 1 amide bonds. The van der Waals surface area contributed by atoms with Crippen molar-refractivity contribution in [2.24, 2.45) is 0 Å². The smallest absolute Gasteiger partial charge is 0.542 e. The predicted octanol–water partition coefficient (Wildman–Crippen LogP) is -1.81. The molecule has 1 atom stereocenters. The number of carboxylic acid groups (broad SMARTS) is 1. The van der Waals surface area contributed by atoms with Crippen molar-refractivity contribution in [1.82, 2.24) is 9.88 Å². The SMILES string of the molecule is CC1Cc2nc(C(=O)[O-])sc2CN1C(=O)OC(C)(C)C.[Li+]. The number of aromatic carboxylic acids is 1. The summed E-state index contributed by atoms with van der Waals surface area (Å²) in [5, 5.41) is 10.8. The van der Waals surface area contributed by atoms with Gasteiger partial charge in [0.05, 0.1) is 12.2 Å². The van der Waals surface area contributed by atoms with Crippen molar-refractivity contribution in [1.29, 1.82) is 0 Å². The Bertz CT molecular complexity index is 553. The van der Waals surface area contributed by atoms with Crippen LogP contribution in [0.2, 0.25) is 0 Å². The number of aromatic nitrogens is 1. The largest absolute Gasteiger partial charge is 1.00 e. The summed E-state index contributed by atoms with van der Waals surface area (Å²) in [6.45, 7) is 7.66. The molecule has 0 aromatic carbocycles. The van der Waals surface area contributed by atoms with Crippen molar-refractivity contribution in [3.63, 3.8) is 0 Å². The van der Waals surface area contributed by atoms with Gasteiger partial charge >= 0.3 is 25.0 Å². The summed E-state index contributed by atoms with van der Waals surface area (Å²) in [6, 6.07) is -0.0749. The number of amides is 1. The number of ether oxygens (including phenoxy) is 1. The molecule has 0 fully saturated rings. The molecule has 2 rings (SSSR count). The fraction of sp³-hybridized carbons (Fsp3) is 0.615. The van der Waals surface area contributed by atoms with Crippen LogP contribution in [0.3, 0.4) is 0 Å². The number of carbonyl (C=O) groups is 2. The standard InChI is InChI=1S/C13H18N2O4S.Li/c1-7-5-8-9(20-10(14-8)11(16)17)6-15(7)12(18)19-13(2,3)4;/h7H,5-6H2,1-4H3,(H,16,17);/q;+1/p-1. The maximum absolute atomic E-state index is 12.1. The first kappa shape index (κ1) is 18.0. The quantitative estimate of drug-likeness (QED) is 0.571. The number of hydrogen-bond acceptors (Lipinski definition) is 6. The minimum absolute atomic E-state index is 0.